The van der Waals surface area contributed by atoms with Crippen LogP contribution in [-0.2, 0) is 25.8 Å². The zero-order valence-electron chi connectivity index (χ0n) is 3.60. The third-order valence-corrected chi connectivity index (χ3v) is 0. The van der Waals surface area contributed by atoms with Crippen molar-refractivity contribution in [1.82, 2.24) is 0 Å². The van der Waals surface area contributed by atoms with Gasteiger partial charge in [-0.3, -0.25) is 0 Å². The van der Waals surface area contributed by atoms with Gasteiger partial charge in [0.05, 0.1) is 0 Å². The zero-order valence-corrected chi connectivity index (χ0v) is 5.41. The zero-order chi connectivity index (χ0) is 3.58. The standard InChI is InChI=1S/C3H8O.Sc/c1-3(2)4;/h3-4H,1-2H3;. The summed E-state index contributed by atoms with van der Waals surface area (Å²) in [6.07, 6.45) is -0.167. The van der Waals surface area contributed by atoms with Crippen LogP contribution in [0.3, 0.4) is 0 Å². The molecule has 0 aliphatic carbocycles. The van der Waals surface area contributed by atoms with Crippen LogP contribution in [0.25, 0.3) is 0 Å². The Hall–Kier alpha value is 0.830. The van der Waals surface area contributed by atoms with Gasteiger partial charge in [-0.15, -0.1) is 0 Å². The van der Waals surface area contributed by atoms with Crippen molar-refractivity contribution in [1.29, 1.82) is 0 Å². The fourth-order valence-corrected chi connectivity index (χ4v) is 0. The minimum absolute atomic E-state index is 0. The smallest absolute Gasteiger partial charge is 0.0483 e. The van der Waals surface area contributed by atoms with Crippen molar-refractivity contribution >= 4 is 0 Å². The molecule has 0 saturated heterocycles. The molecule has 0 rings (SSSR count). The molecule has 0 aliphatic heterocycles. The predicted molar refractivity (Wildman–Crippen MR) is 17.4 cm³/mol. The van der Waals surface area contributed by atoms with Gasteiger partial charge in [0.25, 0.3) is 0 Å². The van der Waals surface area contributed by atoms with Crippen molar-refractivity contribution in [2.45, 2.75) is 20.0 Å². The summed E-state index contributed by atoms with van der Waals surface area (Å²) in [5, 5.41) is 8.06. The summed E-state index contributed by atoms with van der Waals surface area (Å²) >= 11 is 0. The summed E-state index contributed by atoms with van der Waals surface area (Å²) in [6.45, 7) is 3.44. The van der Waals surface area contributed by atoms with Gasteiger partial charge in [-0.1, -0.05) is 0 Å². The van der Waals surface area contributed by atoms with Crippen LogP contribution < -0.4 is 0 Å². The first-order chi connectivity index (χ1) is 1.73. The largest absolute Gasteiger partial charge is 0.394 e. The first-order valence-corrected chi connectivity index (χ1v) is 1.41. The van der Waals surface area contributed by atoms with Gasteiger partial charge in [-0.25, -0.2) is 0 Å². The normalized spacial score (nSPS) is 7.20. The second-order valence-electron chi connectivity index (χ2n) is 1.09. The molecular weight excluding hydrogens is 97.0 g/mol. The van der Waals surface area contributed by atoms with Crippen LogP contribution in [0.5, 0.6) is 0 Å². The van der Waals surface area contributed by atoms with Crippen LogP contribution in [-0.4, -0.2) is 11.2 Å². The van der Waals surface area contributed by atoms with Crippen LogP contribution in [0.15, 0.2) is 0 Å². The molecule has 1 nitrogen and oxygen atoms in total. The molecule has 0 bridgehead atoms. The Morgan fingerprint density at radius 2 is 1.40 bits per heavy atom. The summed E-state index contributed by atoms with van der Waals surface area (Å²) in [6, 6.07) is 0. The van der Waals surface area contributed by atoms with E-state index in [2.05, 4.69) is 0 Å². The molecule has 29 valence electrons. The van der Waals surface area contributed by atoms with E-state index in [9.17, 15) is 0 Å². The van der Waals surface area contributed by atoms with Gasteiger partial charge in [-0.2, -0.15) is 0 Å². The number of hydrogen-bond acceptors (Lipinski definition) is 1. The number of aliphatic hydroxyl groups excluding tert-OH is 1. The van der Waals surface area contributed by atoms with Gasteiger partial charge in [0, 0.05) is 31.9 Å². The molecule has 0 spiro atoms. The Kier molecular flexibility index (Phi) is 8.96. The van der Waals surface area contributed by atoms with E-state index < -0.39 is 0 Å². The molecule has 2 heteroatoms. The fourth-order valence-electron chi connectivity index (χ4n) is 0. The Morgan fingerprint density at radius 3 is 1.40 bits per heavy atom. The van der Waals surface area contributed by atoms with Crippen LogP contribution >= 0.6 is 0 Å². The van der Waals surface area contributed by atoms with Gasteiger partial charge in [-0.05, 0) is 13.8 Å². The van der Waals surface area contributed by atoms with Crippen LogP contribution in [0.4, 0.5) is 0 Å². The molecule has 0 aliphatic rings. The minimum atomic E-state index is -0.167. The van der Waals surface area contributed by atoms with Gasteiger partial charge in [0.1, 0.15) is 0 Å². The molecule has 0 aromatic carbocycles. The Balaban J connectivity index is 0. The van der Waals surface area contributed by atoms with Crippen LogP contribution in [0, 0.1) is 0 Å². The van der Waals surface area contributed by atoms with Crippen molar-refractivity contribution in [3.05, 3.63) is 0 Å². The maximum Gasteiger partial charge on any atom is 0.0483 e. The summed E-state index contributed by atoms with van der Waals surface area (Å²) in [7, 11) is 0. The fraction of sp³-hybridized carbons (Fsp3) is 1.00. The minimum Gasteiger partial charge on any atom is -0.394 e. The molecule has 0 fully saturated rings. The third-order valence-electron chi connectivity index (χ3n) is 0. The molecular formula is C3H8OSc. The number of aliphatic hydroxyl groups is 1. The van der Waals surface area contributed by atoms with Gasteiger partial charge >= 0.3 is 0 Å². The molecule has 1 N–H and O–H groups in total. The van der Waals surface area contributed by atoms with Crippen molar-refractivity contribution in [3.8, 4) is 0 Å². The van der Waals surface area contributed by atoms with E-state index in [1.165, 1.54) is 0 Å². The van der Waals surface area contributed by atoms with E-state index in [0.29, 0.717) is 0 Å². The molecule has 5 heavy (non-hydrogen) atoms. The quantitative estimate of drug-likeness (QED) is 0.472. The summed E-state index contributed by atoms with van der Waals surface area (Å²) in [5.41, 5.74) is 0. The summed E-state index contributed by atoms with van der Waals surface area (Å²) < 4.78 is 0. The number of rotatable bonds is 0. The molecule has 0 aromatic heterocycles. The third kappa shape index (κ3) is 56.1. The maximum absolute atomic E-state index is 8.06. The van der Waals surface area contributed by atoms with E-state index in [-0.39, 0.29) is 31.9 Å². The van der Waals surface area contributed by atoms with Crippen LogP contribution in [0.1, 0.15) is 13.8 Å². The molecule has 1 radical (unpaired) electrons. The molecule has 0 saturated carbocycles. The van der Waals surface area contributed by atoms with Crippen molar-refractivity contribution < 1.29 is 30.9 Å². The van der Waals surface area contributed by atoms with Crippen molar-refractivity contribution in [2.24, 2.45) is 0 Å². The second kappa shape index (κ2) is 4.83. The van der Waals surface area contributed by atoms with Gasteiger partial charge in [0.15, 0.2) is 0 Å². The van der Waals surface area contributed by atoms with Crippen LogP contribution in [0.2, 0.25) is 0 Å². The first-order valence-electron chi connectivity index (χ1n) is 1.41. The molecule has 0 heterocycles. The Labute approximate surface area is 51.2 Å². The number of hydrogen-bond donors (Lipinski definition) is 1. The van der Waals surface area contributed by atoms with E-state index in [1.807, 2.05) is 0 Å². The maximum atomic E-state index is 8.06. The average molecular weight is 105 g/mol. The van der Waals surface area contributed by atoms with Crippen molar-refractivity contribution in [2.75, 3.05) is 0 Å². The second-order valence-corrected chi connectivity index (χ2v) is 1.09. The molecule has 0 unspecified atom stereocenters. The van der Waals surface area contributed by atoms with E-state index >= 15 is 0 Å². The predicted octanol–water partition coefficient (Wildman–Crippen LogP) is 0.385. The van der Waals surface area contributed by atoms with Gasteiger partial charge in [0.2, 0.25) is 0 Å². The average Bonchev–Trinajstić information content (AvgIpc) is 0.811. The molecule has 0 atom stereocenters. The van der Waals surface area contributed by atoms with Gasteiger partial charge < -0.3 is 5.11 Å². The topological polar surface area (TPSA) is 20.2 Å². The SMILES string of the molecule is CC(C)O.[Sc]. The Bertz CT molecular complexity index is 11.6. The summed E-state index contributed by atoms with van der Waals surface area (Å²) in [5.74, 6) is 0. The molecule has 0 amide bonds. The van der Waals surface area contributed by atoms with E-state index in [4.69, 9.17) is 5.11 Å². The molecule has 0 aromatic rings. The summed E-state index contributed by atoms with van der Waals surface area (Å²) in [4.78, 5) is 0. The van der Waals surface area contributed by atoms with Crippen molar-refractivity contribution in [3.63, 3.8) is 0 Å². The van der Waals surface area contributed by atoms with E-state index in [0.717, 1.165) is 0 Å². The first kappa shape index (κ1) is 9.27. The Morgan fingerprint density at radius 1 is 1.40 bits per heavy atom. The van der Waals surface area contributed by atoms with E-state index in [1.54, 1.807) is 13.8 Å². The monoisotopic (exact) mass is 105 g/mol.